The Hall–Kier alpha value is -2.26. The molecule has 0 saturated heterocycles. The van der Waals surface area contributed by atoms with Gasteiger partial charge in [-0.3, -0.25) is 0 Å². The summed E-state index contributed by atoms with van der Waals surface area (Å²) in [6.07, 6.45) is 0. The quantitative estimate of drug-likeness (QED) is 0.201. The first-order valence-corrected chi connectivity index (χ1v) is 2.67. The molecule has 0 fully saturated rings. The van der Waals surface area contributed by atoms with E-state index in [1.807, 2.05) is 0 Å². The summed E-state index contributed by atoms with van der Waals surface area (Å²) in [5.41, 5.74) is 6.65. The molecule has 10 nitrogen and oxygen atoms in total. The van der Waals surface area contributed by atoms with Gasteiger partial charge in [0.05, 0.1) is 0 Å². The summed E-state index contributed by atoms with van der Waals surface area (Å²) in [5.74, 6) is -0.497. The van der Waals surface area contributed by atoms with Gasteiger partial charge in [0.25, 0.3) is 11.9 Å². The maximum Gasteiger partial charge on any atom is 0.292 e. The Kier molecular flexibility index (Phi) is 2.11. The molecular formula is C2H4N8O2. The van der Waals surface area contributed by atoms with E-state index in [2.05, 4.69) is 25.6 Å². The number of nitrogens with two attached hydrogens (primary N) is 1. The Morgan fingerprint density at radius 1 is 1.83 bits per heavy atom. The highest BCUT2D eigenvalue weighted by atomic mass is 16.7. The predicted molar refractivity (Wildman–Crippen MR) is 35.6 cm³/mol. The van der Waals surface area contributed by atoms with Crippen molar-refractivity contribution in [3.05, 3.63) is 10.1 Å². The second-order valence-electron chi connectivity index (χ2n) is 1.58. The fourth-order valence-corrected chi connectivity index (χ4v) is 0.430. The number of tetrazole rings is 1. The molecular weight excluding hydrogens is 168 g/mol. The molecule has 1 aromatic rings. The molecule has 64 valence electrons. The van der Waals surface area contributed by atoms with Crippen molar-refractivity contribution in [3.8, 4) is 0 Å². The van der Waals surface area contributed by atoms with Crippen LogP contribution >= 0.6 is 0 Å². The predicted octanol–water partition coefficient (Wildman–Crippen LogP) is -2.07. The molecule has 0 atom stereocenters. The van der Waals surface area contributed by atoms with Crippen molar-refractivity contribution in [1.29, 1.82) is 0 Å². The Morgan fingerprint density at radius 2 is 2.58 bits per heavy atom. The van der Waals surface area contributed by atoms with Crippen LogP contribution in [0.5, 0.6) is 0 Å². The van der Waals surface area contributed by atoms with Crippen LogP contribution in [0.2, 0.25) is 0 Å². The average Bonchev–Trinajstić information content (AvgIpc) is 2.37. The van der Waals surface area contributed by atoms with Gasteiger partial charge in [0.1, 0.15) is 0 Å². The normalized spacial score (nSPS) is 11.2. The standard InChI is InChI=1S/C2H4N8O2/c3-1(7-10(11)12)4-2-5-8-9-6-2/h(H4,3,4,5,6,7,8,9). The molecule has 1 rings (SSSR count). The summed E-state index contributed by atoms with van der Waals surface area (Å²) in [7, 11) is 0. The number of hydrazine groups is 1. The third kappa shape index (κ3) is 2.17. The van der Waals surface area contributed by atoms with Crippen molar-refractivity contribution in [3.63, 3.8) is 0 Å². The van der Waals surface area contributed by atoms with E-state index in [4.69, 9.17) is 5.73 Å². The van der Waals surface area contributed by atoms with Crippen molar-refractivity contribution in [2.75, 3.05) is 0 Å². The number of hydrogen-bond acceptors (Lipinski definition) is 6. The fraction of sp³-hybridized carbons (Fsp3) is 0. The van der Waals surface area contributed by atoms with Crippen LogP contribution in [-0.2, 0) is 0 Å². The molecule has 0 aliphatic heterocycles. The monoisotopic (exact) mass is 172 g/mol. The molecule has 0 unspecified atom stereocenters. The number of aliphatic imine (C=N–C) groups is 1. The van der Waals surface area contributed by atoms with E-state index >= 15 is 0 Å². The van der Waals surface area contributed by atoms with Crippen molar-refractivity contribution in [2.45, 2.75) is 0 Å². The van der Waals surface area contributed by atoms with Crippen LogP contribution in [0.4, 0.5) is 5.95 Å². The molecule has 0 saturated carbocycles. The molecule has 1 heterocycles. The van der Waals surface area contributed by atoms with Crippen LogP contribution in [0, 0.1) is 10.1 Å². The molecule has 0 spiro atoms. The first-order chi connectivity index (χ1) is 5.68. The number of nitrogens with zero attached hydrogens (tertiary/aromatic N) is 5. The number of aromatic nitrogens is 4. The van der Waals surface area contributed by atoms with Gasteiger partial charge < -0.3 is 5.73 Å². The minimum Gasteiger partial charge on any atom is -0.365 e. The van der Waals surface area contributed by atoms with E-state index in [1.54, 1.807) is 5.43 Å². The first-order valence-electron chi connectivity index (χ1n) is 2.67. The van der Waals surface area contributed by atoms with Crippen molar-refractivity contribution < 1.29 is 5.03 Å². The second kappa shape index (κ2) is 3.23. The Labute approximate surface area is 65.0 Å². The summed E-state index contributed by atoms with van der Waals surface area (Å²) >= 11 is 0. The topological polar surface area (TPSA) is 148 Å². The van der Waals surface area contributed by atoms with Gasteiger partial charge in [0.15, 0.2) is 5.03 Å². The Morgan fingerprint density at radius 3 is 3.08 bits per heavy atom. The number of H-pyrrole nitrogens is 1. The molecule has 0 aromatic carbocycles. The maximum atomic E-state index is 9.81. The largest absolute Gasteiger partial charge is 0.365 e. The van der Waals surface area contributed by atoms with E-state index in [9.17, 15) is 10.1 Å². The third-order valence-electron chi connectivity index (χ3n) is 0.760. The van der Waals surface area contributed by atoms with Crippen LogP contribution in [-0.4, -0.2) is 31.6 Å². The highest BCUT2D eigenvalue weighted by molar-refractivity contribution is 5.78. The van der Waals surface area contributed by atoms with Crippen molar-refractivity contribution in [2.24, 2.45) is 10.7 Å². The first kappa shape index (κ1) is 7.84. The zero-order valence-electron chi connectivity index (χ0n) is 5.63. The highest BCUT2D eigenvalue weighted by Gasteiger charge is 2.01. The Bertz CT molecular complexity index is 288. The minimum atomic E-state index is -0.848. The van der Waals surface area contributed by atoms with Crippen molar-refractivity contribution in [1.82, 2.24) is 26.0 Å². The number of guanidine groups is 1. The number of aromatic amines is 1. The molecule has 0 bridgehead atoms. The van der Waals surface area contributed by atoms with E-state index in [-0.39, 0.29) is 5.95 Å². The van der Waals surface area contributed by atoms with Gasteiger partial charge in [-0.1, -0.05) is 10.5 Å². The summed E-state index contributed by atoms with van der Waals surface area (Å²) in [6.45, 7) is 0. The lowest BCUT2D eigenvalue weighted by atomic mass is 11.0. The number of rotatable bonds is 2. The highest BCUT2D eigenvalue weighted by Crippen LogP contribution is 1.94. The molecule has 1 aromatic heterocycles. The third-order valence-corrected chi connectivity index (χ3v) is 0.760. The molecule has 4 N–H and O–H groups in total. The van der Waals surface area contributed by atoms with Crippen molar-refractivity contribution >= 4 is 11.9 Å². The smallest absolute Gasteiger partial charge is 0.292 e. The van der Waals surface area contributed by atoms with Gasteiger partial charge in [0, 0.05) is 0 Å². The number of hydrogen-bond donors (Lipinski definition) is 3. The molecule has 12 heavy (non-hydrogen) atoms. The molecule has 0 aliphatic rings. The van der Waals surface area contributed by atoms with Gasteiger partial charge >= 0.3 is 0 Å². The molecule has 0 radical (unpaired) electrons. The van der Waals surface area contributed by atoms with E-state index < -0.39 is 11.0 Å². The van der Waals surface area contributed by atoms with Gasteiger partial charge in [-0.15, -0.1) is 5.10 Å². The zero-order valence-corrected chi connectivity index (χ0v) is 5.63. The zero-order chi connectivity index (χ0) is 8.97. The van der Waals surface area contributed by atoms with E-state index in [1.165, 1.54) is 0 Å². The SMILES string of the molecule is N/C(=N/c1nn[nH]n1)N[N+](=O)[O-]. The molecule has 10 heteroatoms. The summed E-state index contributed by atoms with van der Waals surface area (Å²) < 4.78 is 0. The molecule has 0 aliphatic carbocycles. The van der Waals surface area contributed by atoms with E-state index in [0.717, 1.165) is 0 Å². The lowest BCUT2D eigenvalue weighted by Crippen LogP contribution is -2.35. The van der Waals surface area contributed by atoms with Gasteiger partial charge in [-0.25, -0.2) is 10.1 Å². The average molecular weight is 172 g/mol. The van der Waals surface area contributed by atoms with Gasteiger partial charge in [-0.2, -0.15) is 10.2 Å². The maximum absolute atomic E-state index is 9.81. The molecule has 0 amide bonds. The van der Waals surface area contributed by atoms with Crippen LogP contribution in [0.15, 0.2) is 4.99 Å². The fourth-order valence-electron chi connectivity index (χ4n) is 0.430. The van der Waals surface area contributed by atoms with Crippen LogP contribution in [0.3, 0.4) is 0 Å². The van der Waals surface area contributed by atoms with E-state index in [0.29, 0.717) is 0 Å². The second-order valence-corrected chi connectivity index (χ2v) is 1.58. The summed E-state index contributed by atoms with van der Waals surface area (Å²) in [6, 6.07) is 0. The van der Waals surface area contributed by atoms with Crippen LogP contribution < -0.4 is 11.2 Å². The lowest BCUT2D eigenvalue weighted by Gasteiger charge is -1.91. The van der Waals surface area contributed by atoms with Gasteiger partial charge in [-0.05, 0) is 5.21 Å². The number of nitrogens with one attached hydrogen (secondary N) is 2. The lowest BCUT2D eigenvalue weighted by molar-refractivity contribution is -0.525. The Balaban J connectivity index is 2.63. The van der Waals surface area contributed by atoms with Crippen LogP contribution in [0.1, 0.15) is 0 Å². The van der Waals surface area contributed by atoms with Crippen LogP contribution in [0.25, 0.3) is 0 Å². The summed E-state index contributed by atoms with van der Waals surface area (Å²) in [4.78, 5) is 13.2. The number of nitro groups is 1. The summed E-state index contributed by atoms with van der Waals surface area (Å²) in [5, 5.41) is 21.0. The minimum absolute atomic E-state index is 0.0816. The van der Waals surface area contributed by atoms with Gasteiger partial charge in [0.2, 0.25) is 0 Å².